The Bertz CT molecular complexity index is 2980. The lowest BCUT2D eigenvalue weighted by Crippen LogP contribution is -2.39. The normalized spacial score (nSPS) is 25.6. The summed E-state index contributed by atoms with van der Waals surface area (Å²) in [5.41, 5.74) is 8.10. The summed E-state index contributed by atoms with van der Waals surface area (Å²) < 4.78 is 9.30. The summed E-state index contributed by atoms with van der Waals surface area (Å²) in [7, 11) is 0. The molecule has 0 radical (unpaired) electrons. The highest BCUT2D eigenvalue weighted by molar-refractivity contribution is 7.26. The van der Waals surface area contributed by atoms with Crippen molar-refractivity contribution in [3.63, 3.8) is 0 Å². The summed E-state index contributed by atoms with van der Waals surface area (Å²) in [4.78, 5) is 18.3. The number of allylic oxidation sites excluding steroid dienone is 13. The predicted molar refractivity (Wildman–Crippen MR) is 239 cm³/mol. The van der Waals surface area contributed by atoms with Crippen molar-refractivity contribution in [1.29, 1.82) is 0 Å². The molecule has 5 aliphatic carbocycles. The Morgan fingerprint density at radius 1 is 0.724 bits per heavy atom. The molecule has 6 atom stereocenters. The van der Waals surface area contributed by atoms with Crippen LogP contribution in [0.1, 0.15) is 55.8 Å². The smallest absolute Gasteiger partial charge is 0.165 e. The van der Waals surface area contributed by atoms with E-state index in [0.29, 0.717) is 41.1 Å². The molecule has 6 unspecified atom stereocenters. The fraction of sp³-hybridized carbons (Fsp3) is 0.212. The molecule has 0 fully saturated rings. The van der Waals surface area contributed by atoms with Crippen molar-refractivity contribution < 1.29 is 4.42 Å². The molecule has 12 rings (SSSR count). The number of thiophene rings is 1. The van der Waals surface area contributed by atoms with Gasteiger partial charge in [0.2, 0.25) is 0 Å². The lowest BCUT2D eigenvalue weighted by molar-refractivity contribution is 0.173. The van der Waals surface area contributed by atoms with Crippen LogP contribution in [0.3, 0.4) is 0 Å². The lowest BCUT2D eigenvalue weighted by atomic mass is 9.79. The summed E-state index contributed by atoms with van der Waals surface area (Å²) >= 11 is 1.80. The second-order valence-electron chi connectivity index (χ2n) is 16.5. The zero-order chi connectivity index (χ0) is 38.3. The van der Waals surface area contributed by atoms with E-state index in [1.54, 1.807) is 11.3 Å². The van der Waals surface area contributed by atoms with Crippen molar-refractivity contribution in [1.82, 2.24) is 19.9 Å². The van der Waals surface area contributed by atoms with Crippen LogP contribution in [0.5, 0.6) is 0 Å². The second kappa shape index (κ2) is 13.5. The Hall–Kier alpha value is -6.11. The van der Waals surface area contributed by atoms with Crippen LogP contribution in [0.2, 0.25) is 0 Å². The lowest BCUT2D eigenvalue weighted by Gasteiger charge is -2.42. The molecular formula is C52H42N4OS. The number of nitrogens with zero attached hydrogens (tertiary/aromatic N) is 4. The maximum absolute atomic E-state index is 6.85. The average Bonchev–Trinajstić information content (AvgIpc) is 3.96. The van der Waals surface area contributed by atoms with Gasteiger partial charge in [0.25, 0.3) is 0 Å². The van der Waals surface area contributed by atoms with Crippen LogP contribution in [0.4, 0.5) is 0 Å². The van der Waals surface area contributed by atoms with Crippen molar-refractivity contribution in [3.8, 4) is 22.8 Å². The molecular weight excluding hydrogens is 729 g/mol. The van der Waals surface area contributed by atoms with Crippen LogP contribution in [-0.2, 0) is 0 Å². The van der Waals surface area contributed by atoms with Crippen molar-refractivity contribution in [2.45, 2.75) is 44.7 Å². The predicted octanol–water partition coefficient (Wildman–Crippen LogP) is 13.1. The minimum Gasteiger partial charge on any atom is -0.456 e. The Morgan fingerprint density at radius 2 is 1.60 bits per heavy atom. The Kier molecular flexibility index (Phi) is 7.90. The highest BCUT2D eigenvalue weighted by Gasteiger charge is 2.46. The van der Waals surface area contributed by atoms with E-state index in [1.807, 2.05) is 0 Å². The topological polar surface area (TPSA) is 55.1 Å². The molecule has 0 saturated heterocycles. The van der Waals surface area contributed by atoms with Gasteiger partial charge in [-0.2, -0.15) is 0 Å². The van der Waals surface area contributed by atoms with Crippen LogP contribution in [0.25, 0.3) is 65.6 Å². The van der Waals surface area contributed by atoms with Crippen LogP contribution in [0, 0.1) is 23.7 Å². The molecule has 6 heteroatoms. The summed E-state index contributed by atoms with van der Waals surface area (Å²) in [5, 5.41) is 3.65. The van der Waals surface area contributed by atoms with Crippen molar-refractivity contribution in [3.05, 3.63) is 174 Å². The highest BCUT2D eigenvalue weighted by atomic mass is 32.1. The first-order valence-corrected chi connectivity index (χ1v) is 21.6. The minimum absolute atomic E-state index is 0.138. The summed E-state index contributed by atoms with van der Waals surface area (Å²) in [6, 6.07) is 22.1. The van der Waals surface area contributed by atoms with Gasteiger partial charge in [0.1, 0.15) is 11.3 Å². The Balaban J connectivity index is 0.969. The first-order valence-electron chi connectivity index (χ1n) is 20.8. The van der Waals surface area contributed by atoms with E-state index in [9.17, 15) is 0 Å². The molecule has 0 bridgehead atoms. The highest BCUT2D eigenvalue weighted by Crippen LogP contribution is 2.53. The molecule has 4 heterocycles. The van der Waals surface area contributed by atoms with Crippen molar-refractivity contribution in [2.24, 2.45) is 23.7 Å². The van der Waals surface area contributed by atoms with Crippen molar-refractivity contribution >= 4 is 54.1 Å². The minimum atomic E-state index is 0.138. The molecule has 1 aliphatic heterocycles. The van der Waals surface area contributed by atoms with Crippen LogP contribution in [0.15, 0.2) is 161 Å². The van der Waals surface area contributed by atoms with Crippen LogP contribution in [-0.4, -0.2) is 25.9 Å². The Morgan fingerprint density at radius 3 is 2.52 bits per heavy atom. The molecule has 6 aliphatic rings. The molecule has 0 saturated carbocycles. The summed E-state index contributed by atoms with van der Waals surface area (Å²) in [5.74, 6) is 4.64. The van der Waals surface area contributed by atoms with E-state index >= 15 is 0 Å². The average molecular weight is 771 g/mol. The van der Waals surface area contributed by atoms with Crippen molar-refractivity contribution in [2.75, 3.05) is 0 Å². The second-order valence-corrected chi connectivity index (χ2v) is 17.6. The fourth-order valence-corrected chi connectivity index (χ4v) is 11.6. The van der Waals surface area contributed by atoms with E-state index in [0.717, 1.165) is 59.1 Å². The van der Waals surface area contributed by atoms with Crippen LogP contribution < -0.4 is 0 Å². The van der Waals surface area contributed by atoms with Gasteiger partial charge < -0.3 is 9.32 Å². The maximum Gasteiger partial charge on any atom is 0.165 e. The maximum atomic E-state index is 6.85. The summed E-state index contributed by atoms with van der Waals surface area (Å²) in [6.45, 7) is 2.37. The van der Waals surface area contributed by atoms with Gasteiger partial charge in [0, 0.05) is 59.4 Å². The number of hydrogen-bond acceptors (Lipinski definition) is 6. The monoisotopic (exact) mass is 770 g/mol. The summed E-state index contributed by atoms with van der Waals surface area (Å²) in [6.07, 6.45) is 38.7. The van der Waals surface area contributed by atoms with Gasteiger partial charge in [-0.1, -0.05) is 134 Å². The van der Waals surface area contributed by atoms with Gasteiger partial charge in [-0.25, -0.2) is 15.0 Å². The molecule has 0 spiro atoms. The first kappa shape index (κ1) is 34.0. The third-order valence-corrected chi connectivity index (χ3v) is 14.4. The molecule has 5 nitrogen and oxygen atoms in total. The molecule has 282 valence electrons. The first-order chi connectivity index (χ1) is 28.7. The van der Waals surface area contributed by atoms with E-state index in [4.69, 9.17) is 19.4 Å². The fourth-order valence-electron chi connectivity index (χ4n) is 10.3. The third-order valence-electron chi connectivity index (χ3n) is 13.1. The number of fused-ring (bicyclic) bond motifs is 8. The van der Waals surface area contributed by atoms with E-state index in [-0.39, 0.29) is 12.1 Å². The van der Waals surface area contributed by atoms with Gasteiger partial charge in [-0.15, -0.1) is 11.3 Å². The van der Waals surface area contributed by atoms with Gasteiger partial charge in [0.15, 0.2) is 17.5 Å². The van der Waals surface area contributed by atoms with E-state index in [1.165, 1.54) is 37.0 Å². The number of hydrogen-bond donors (Lipinski definition) is 0. The van der Waals surface area contributed by atoms with Gasteiger partial charge in [-0.3, -0.25) is 0 Å². The van der Waals surface area contributed by atoms with Gasteiger partial charge in [-0.05, 0) is 73.3 Å². The number of furan rings is 1. The number of aromatic nitrogens is 3. The number of benzene rings is 3. The van der Waals surface area contributed by atoms with Gasteiger partial charge in [0.05, 0.1) is 12.1 Å². The van der Waals surface area contributed by atoms with E-state index in [2.05, 4.69) is 164 Å². The zero-order valence-electron chi connectivity index (χ0n) is 32.3. The molecule has 3 aromatic heterocycles. The quantitative estimate of drug-likeness (QED) is 0.175. The number of rotatable bonds is 5. The third kappa shape index (κ3) is 5.38. The molecule has 58 heavy (non-hydrogen) atoms. The zero-order valence-corrected chi connectivity index (χ0v) is 33.1. The van der Waals surface area contributed by atoms with E-state index < -0.39 is 0 Å². The Labute approximate surface area is 342 Å². The molecule has 0 N–H and O–H groups in total. The molecule has 6 aromatic rings. The van der Waals surface area contributed by atoms with Crippen LogP contribution >= 0.6 is 11.3 Å². The largest absolute Gasteiger partial charge is 0.456 e. The molecule has 3 aromatic carbocycles. The standard InChI is InChI=1S/C52H42N4OS/c1-31-23-28-44-47(48(31)56-42-21-10-8-17-36(42)37-26-24-34(29-43(37)56)32-13-4-2-5-14-32)40-27-25-35(30-45(40)57-44)51-53-50(33-15-6-3-7-16-33)54-52(55-51)41-20-12-19-39-38-18-9-11-22-46(38)58-49(39)41/h2,4-6,8-13,15-28,30-32,34,36,42,48H,3,7,14,29H2,1H3. The SMILES string of the molecule is CC1C=Cc2oc3cc(-c4nc(C5=CCCC=C5)nc(-c5cccc6c5sc5ccccc56)n4)ccc3c2C1N1C2=C(C=CC(C3C=CC=CC3)C2)C2C=CC=CC21. The van der Waals surface area contributed by atoms with Gasteiger partial charge >= 0.3 is 0 Å². The molecule has 0 amide bonds.